The largest absolute Gasteiger partial charge is 0.381 e. The Morgan fingerprint density at radius 3 is 1.81 bits per heavy atom. The highest BCUT2D eigenvalue weighted by Gasteiger charge is 2.39. The average Bonchev–Trinajstić information content (AvgIpc) is 2.84. The molecule has 0 aromatic carbocycles. The molecule has 0 bridgehead atoms. The van der Waals surface area contributed by atoms with Gasteiger partial charge in [-0.1, -0.05) is 19.8 Å². The van der Waals surface area contributed by atoms with Crippen LogP contribution in [0, 0.1) is 11.3 Å². The third-order valence-electron chi connectivity index (χ3n) is 4.11. The van der Waals surface area contributed by atoms with Crippen molar-refractivity contribution in [3.05, 3.63) is 0 Å². The zero-order chi connectivity index (χ0) is 11.9. The quantitative estimate of drug-likeness (QED) is 0.631. The van der Waals surface area contributed by atoms with Crippen LogP contribution in [0.5, 0.6) is 0 Å². The lowest BCUT2D eigenvalue weighted by Gasteiger charge is -2.38. The smallest absolute Gasteiger partial charge is 0.0546 e. The first-order chi connectivity index (χ1) is 7.79. The molecule has 1 rings (SSSR count). The minimum Gasteiger partial charge on any atom is -0.381 e. The van der Waals surface area contributed by atoms with Crippen molar-refractivity contribution < 1.29 is 9.47 Å². The normalized spacial score (nSPS) is 18.2. The number of hydrogen-bond acceptors (Lipinski definition) is 2. The molecule has 1 fully saturated rings. The maximum absolute atomic E-state index is 5.72. The van der Waals surface area contributed by atoms with E-state index in [9.17, 15) is 0 Å². The molecule has 2 heteroatoms. The molecule has 0 unspecified atom stereocenters. The molecular formula is C14H28O2. The minimum absolute atomic E-state index is 0.280. The molecule has 0 spiro atoms. The molecule has 0 aromatic rings. The minimum atomic E-state index is 0.280. The Morgan fingerprint density at radius 2 is 1.44 bits per heavy atom. The summed E-state index contributed by atoms with van der Waals surface area (Å²) in [6, 6.07) is 0. The summed E-state index contributed by atoms with van der Waals surface area (Å²) in [6.07, 6.45) is 6.70. The molecule has 1 aliphatic carbocycles. The SMILES string of the molecule is CCOCC(CC)(COCC)C1CCCC1. The zero-order valence-electron chi connectivity index (χ0n) is 11.3. The molecule has 0 aliphatic heterocycles. The van der Waals surface area contributed by atoms with Crippen LogP contribution in [0.15, 0.2) is 0 Å². The van der Waals surface area contributed by atoms with E-state index in [-0.39, 0.29) is 5.41 Å². The van der Waals surface area contributed by atoms with E-state index in [0.717, 1.165) is 32.3 Å². The molecule has 0 atom stereocenters. The molecule has 0 aromatic heterocycles. The van der Waals surface area contributed by atoms with Crippen molar-refractivity contribution in [3.8, 4) is 0 Å². The summed E-state index contributed by atoms with van der Waals surface area (Å²) in [7, 11) is 0. The van der Waals surface area contributed by atoms with E-state index >= 15 is 0 Å². The fourth-order valence-electron chi connectivity index (χ4n) is 2.92. The van der Waals surface area contributed by atoms with E-state index in [1.807, 2.05) is 0 Å². The summed E-state index contributed by atoms with van der Waals surface area (Å²) in [5, 5.41) is 0. The van der Waals surface area contributed by atoms with E-state index in [0.29, 0.717) is 0 Å². The number of rotatable bonds is 8. The van der Waals surface area contributed by atoms with E-state index in [1.54, 1.807) is 0 Å². The van der Waals surface area contributed by atoms with Gasteiger partial charge in [-0.2, -0.15) is 0 Å². The molecule has 0 radical (unpaired) electrons. The predicted octanol–water partition coefficient (Wildman–Crippen LogP) is 3.65. The van der Waals surface area contributed by atoms with E-state index in [4.69, 9.17) is 9.47 Å². The maximum Gasteiger partial charge on any atom is 0.0546 e. The van der Waals surface area contributed by atoms with Crippen molar-refractivity contribution in [3.63, 3.8) is 0 Å². The highest BCUT2D eigenvalue weighted by molar-refractivity contribution is 4.88. The Bertz CT molecular complexity index is 166. The number of hydrogen-bond donors (Lipinski definition) is 0. The molecule has 0 amide bonds. The predicted molar refractivity (Wildman–Crippen MR) is 67.7 cm³/mol. The highest BCUT2D eigenvalue weighted by atomic mass is 16.5. The average molecular weight is 228 g/mol. The van der Waals surface area contributed by atoms with Crippen LogP contribution in [0.4, 0.5) is 0 Å². The van der Waals surface area contributed by atoms with Gasteiger partial charge in [0.1, 0.15) is 0 Å². The van der Waals surface area contributed by atoms with Gasteiger partial charge in [0, 0.05) is 18.6 Å². The van der Waals surface area contributed by atoms with Gasteiger partial charge in [-0.15, -0.1) is 0 Å². The van der Waals surface area contributed by atoms with Gasteiger partial charge in [-0.05, 0) is 39.0 Å². The van der Waals surface area contributed by atoms with Crippen LogP contribution in [0.3, 0.4) is 0 Å². The van der Waals surface area contributed by atoms with Crippen molar-refractivity contribution in [2.75, 3.05) is 26.4 Å². The summed E-state index contributed by atoms with van der Waals surface area (Å²) in [5.41, 5.74) is 0.280. The van der Waals surface area contributed by atoms with Crippen LogP contribution in [0.2, 0.25) is 0 Å². The van der Waals surface area contributed by atoms with E-state index in [1.165, 1.54) is 32.1 Å². The van der Waals surface area contributed by atoms with Gasteiger partial charge in [0.2, 0.25) is 0 Å². The topological polar surface area (TPSA) is 18.5 Å². The fourth-order valence-corrected chi connectivity index (χ4v) is 2.92. The van der Waals surface area contributed by atoms with Crippen LogP contribution in [0.1, 0.15) is 52.9 Å². The lowest BCUT2D eigenvalue weighted by atomic mass is 9.73. The molecular weight excluding hydrogens is 200 g/mol. The van der Waals surface area contributed by atoms with Crippen molar-refractivity contribution in [2.24, 2.45) is 11.3 Å². The van der Waals surface area contributed by atoms with Gasteiger partial charge in [-0.25, -0.2) is 0 Å². The van der Waals surface area contributed by atoms with Crippen molar-refractivity contribution in [2.45, 2.75) is 52.9 Å². The second-order valence-electron chi connectivity index (χ2n) is 4.97. The molecule has 0 heterocycles. The maximum atomic E-state index is 5.72. The highest BCUT2D eigenvalue weighted by Crippen LogP contribution is 2.42. The van der Waals surface area contributed by atoms with Gasteiger partial charge in [0.15, 0.2) is 0 Å². The second kappa shape index (κ2) is 7.29. The van der Waals surface area contributed by atoms with Gasteiger partial charge < -0.3 is 9.47 Å². The van der Waals surface area contributed by atoms with Gasteiger partial charge >= 0.3 is 0 Å². The van der Waals surface area contributed by atoms with Crippen molar-refractivity contribution in [1.29, 1.82) is 0 Å². The molecule has 16 heavy (non-hydrogen) atoms. The Balaban J connectivity index is 2.61. The van der Waals surface area contributed by atoms with Gasteiger partial charge in [0.05, 0.1) is 13.2 Å². The molecule has 0 saturated heterocycles. The van der Waals surface area contributed by atoms with Crippen LogP contribution < -0.4 is 0 Å². The first-order valence-corrected chi connectivity index (χ1v) is 6.94. The fraction of sp³-hybridized carbons (Fsp3) is 1.00. The third kappa shape index (κ3) is 3.46. The summed E-state index contributed by atoms with van der Waals surface area (Å²) in [4.78, 5) is 0. The molecule has 1 saturated carbocycles. The van der Waals surface area contributed by atoms with Gasteiger partial charge in [0.25, 0.3) is 0 Å². The molecule has 1 aliphatic rings. The van der Waals surface area contributed by atoms with E-state index < -0.39 is 0 Å². The first kappa shape index (κ1) is 14.0. The van der Waals surface area contributed by atoms with Gasteiger partial charge in [-0.3, -0.25) is 0 Å². The summed E-state index contributed by atoms with van der Waals surface area (Å²) < 4.78 is 11.4. The van der Waals surface area contributed by atoms with Crippen molar-refractivity contribution in [1.82, 2.24) is 0 Å². The van der Waals surface area contributed by atoms with Crippen molar-refractivity contribution >= 4 is 0 Å². The van der Waals surface area contributed by atoms with Crippen LogP contribution >= 0.6 is 0 Å². The van der Waals surface area contributed by atoms with E-state index in [2.05, 4.69) is 20.8 Å². The monoisotopic (exact) mass is 228 g/mol. The summed E-state index contributed by atoms with van der Waals surface area (Å²) in [5.74, 6) is 0.815. The zero-order valence-corrected chi connectivity index (χ0v) is 11.3. The van der Waals surface area contributed by atoms with Crippen LogP contribution in [-0.4, -0.2) is 26.4 Å². The molecule has 96 valence electrons. The van der Waals surface area contributed by atoms with Crippen LogP contribution in [0.25, 0.3) is 0 Å². The number of ether oxygens (including phenoxy) is 2. The third-order valence-corrected chi connectivity index (χ3v) is 4.11. The Kier molecular flexibility index (Phi) is 6.37. The lowest BCUT2D eigenvalue weighted by molar-refractivity contribution is -0.0523. The first-order valence-electron chi connectivity index (χ1n) is 6.94. The Labute approximate surface area is 101 Å². The van der Waals surface area contributed by atoms with Crippen LogP contribution in [-0.2, 0) is 9.47 Å². The summed E-state index contributed by atoms with van der Waals surface area (Å²) >= 11 is 0. The summed E-state index contributed by atoms with van der Waals surface area (Å²) in [6.45, 7) is 9.85. The Hall–Kier alpha value is -0.0800. The standard InChI is InChI=1S/C14H28O2/c1-4-14(11-15-5-2,12-16-6-3)13-9-7-8-10-13/h13H,4-12H2,1-3H3. The Morgan fingerprint density at radius 1 is 0.938 bits per heavy atom. The molecule has 2 nitrogen and oxygen atoms in total. The second-order valence-corrected chi connectivity index (χ2v) is 4.97. The molecule has 0 N–H and O–H groups in total. The lowest BCUT2D eigenvalue weighted by Crippen LogP contribution is -2.38.